The molecule has 0 amide bonds. The van der Waals surface area contributed by atoms with Crippen LogP contribution in [0, 0.1) is 5.82 Å². The topological polar surface area (TPSA) is 130 Å². The SMILES string of the molecule is CN(C)CC=CS(=O)(=O)N1CC(n2nc(-c3cc(O)cc(F)c3)c3c(N)ncnc32)Cc2ccccc21. The first-order chi connectivity index (χ1) is 17.6. The number of anilines is 2. The number of rotatable bonds is 6. The predicted octanol–water partition coefficient (Wildman–Crippen LogP) is 2.93. The molecule has 3 N–H and O–H groups in total. The fourth-order valence-corrected chi connectivity index (χ4v) is 5.86. The molecular weight excluding hydrogens is 497 g/mol. The molecule has 0 spiro atoms. The van der Waals surface area contributed by atoms with E-state index in [2.05, 4.69) is 9.97 Å². The van der Waals surface area contributed by atoms with Crippen molar-refractivity contribution in [2.24, 2.45) is 0 Å². The molecule has 192 valence electrons. The number of halogens is 1. The first-order valence-electron chi connectivity index (χ1n) is 11.5. The van der Waals surface area contributed by atoms with Gasteiger partial charge in [-0.1, -0.05) is 24.3 Å². The number of nitrogen functional groups attached to an aromatic ring is 1. The van der Waals surface area contributed by atoms with Gasteiger partial charge in [-0.05, 0) is 44.3 Å². The zero-order valence-corrected chi connectivity index (χ0v) is 21.1. The van der Waals surface area contributed by atoms with Crippen LogP contribution < -0.4 is 10.0 Å². The van der Waals surface area contributed by atoms with Gasteiger partial charge in [0.1, 0.15) is 29.4 Å². The highest BCUT2D eigenvalue weighted by Crippen LogP contribution is 2.38. The fraction of sp³-hybridized carbons (Fsp3) is 0.240. The molecule has 4 aromatic rings. The average molecular weight is 524 g/mol. The summed E-state index contributed by atoms with van der Waals surface area (Å²) < 4.78 is 43.9. The van der Waals surface area contributed by atoms with Crippen molar-refractivity contribution in [3.8, 4) is 17.0 Å². The molecule has 0 fully saturated rings. The van der Waals surface area contributed by atoms with E-state index in [0.717, 1.165) is 11.6 Å². The lowest BCUT2D eigenvalue weighted by Gasteiger charge is -2.34. The Hall–Kier alpha value is -4.03. The zero-order chi connectivity index (χ0) is 26.3. The molecule has 0 saturated heterocycles. The summed E-state index contributed by atoms with van der Waals surface area (Å²) in [5.74, 6) is -0.759. The van der Waals surface area contributed by atoms with Crippen molar-refractivity contribution >= 4 is 32.6 Å². The summed E-state index contributed by atoms with van der Waals surface area (Å²) in [4.78, 5) is 10.3. The number of nitrogens with zero attached hydrogens (tertiary/aromatic N) is 6. The molecule has 10 nitrogen and oxygen atoms in total. The van der Waals surface area contributed by atoms with E-state index in [-0.39, 0.29) is 18.1 Å². The first-order valence-corrected chi connectivity index (χ1v) is 13.0. The fourth-order valence-electron chi connectivity index (χ4n) is 4.55. The third kappa shape index (κ3) is 4.72. The molecule has 5 rings (SSSR count). The van der Waals surface area contributed by atoms with Crippen LogP contribution in [0.4, 0.5) is 15.9 Å². The van der Waals surface area contributed by atoms with Crippen LogP contribution in [0.2, 0.25) is 0 Å². The molecule has 0 aliphatic carbocycles. The summed E-state index contributed by atoms with van der Waals surface area (Å²) in [7, 11) is -0.0932. The van der Waals surface area contributed by atoms with Crippen molar-refractivity contribution in [2.75, 3.05) is 37.2 Å². The van der Waals surface area contributed by atoms with Crippen LogP contribution in [0.25, 0.3) is 22.3 Å². The molecule has 1 unspecified atom stereocenters. The second-order valence-corrected chi connectivity index (χ2v) is 10.9. The molecule has 0 saturated carbocycles. The van der Waals surface area contributed by atoms with Gasteiger partial charge in [0, 0.05) is 23.6 Å². The molecular formula is C25H26FN7O3S. The Labute approximate surface area is 213 Å². The van der Waals surface area contributed by atoms with E-state index in [1.54, 1.807) is 22.9 Å². The highest BCUT2D eigenvalue weighted by molar-refractivity contribution is 7.95. The minimum absolute atomic E-state index is 0.0974. The van der Waals surface area contributed by atoms with Crippen LogP contribution >= 0.6 is 0 Å². The molecule has 1 atom stereocenters. The van der Waals surface area contributed by atoms with Gasteiger partial charge < -0.3 is 15.7 Å². The van der Waals surface area contributed by atoms with Crippen LogP contribution in [0.15, 0.2) is 60.3 Å². The van der Waals surface area contributed by atoms with Crippen molar-refractivity contribution in [1.29, 1.82) is 0 Å². The number of hydrogen-bond acceptors (Lipinski definition) is 8. The smallest absolute Gasteiger partial charge is 0.257 e. The zero-order valence-electron chi connectivity index (χ0n) is 20.3. The lowest BCUT2D eigenvalue weighted by atomic mass is 10.00. The highest BCUT2D eigenvalue weighted by Gasteiger charge is 2.34. The third-order valence-electron chi connectivity index (χ3n) is 6.16. The van der Waals surface area contributed by atoms with Crippen LogP contribution in [0.1, 0.15) is 11.6 Å². The quantitative estimate of drug-likeness (QED) is 0.395. The Morgan fingerprint density at radius 2 is 2.00 bits per heavy atom. The molecule has 12 heteroatoms. The minimum atomic E-state index is -3.81. The van der Waals surface area contributed by atoms with Crippen molar-refractivity contribution in [3.05, 3.63) is 71.7 Å². The Balaban J connectivity index is 1.64. The molecule has 3 heterocycles. The van der Waals surface area contributed by atoms with Crippen molar-refractivity contribution in [3.63, 3.8) is 0 Å². The van der Waals surface area contributed by atoms with Gasteiger partial charge in [0.15, 0.2) is 5.65 Å². The summed E-state index contributed by atoms with van der Waals surface area (Å²) in [6.45, 7) is 0.572. The Morgan fingerprint density at radius 3 is 2.76 bits per heavy atom. The summed E-state index contributed by atoms with van der Waals surface area (Å²) in [5.41, 5.74) is 8.60. The number of likely N-dealkylation sites (N-methyl/N-ethyl adjacent to an activating group) is 1. The monoisotopic (exact) mass is 523 g/mol. The van der Waals surface area contributed by atoms with Gasteiger partial charge in [-0.2, -0.15) is 5.10 Å². The molecule has 1 aliphatic heterocycles. The number of aromatic hydroxyl groups is 1. The minimum Gasteiger partial charge on any atom is -0.508 e. The van der Waals surface area contributed by atoms with Crippen LogP contribution in [0.3, 0.4) is 0 Å². The summed E-state index contributed by atoms with van der Waals surface area (Å²) in [5, 5.41) is 16.3. The maximum absolute atomic E-state index is 14.1. The van der Waals surface area contributed by atoms with Gasteiger partial charge in [0.25, 0.3) is 10.0 Å². The molecule has 2 aromatic heterocycles. The van der Waals surface area contributed by atoms with Gasteiger partial charge in [0.2, 0.25) is 0 Å². The van der Waals surface area contributed by atoms with E-state index in [9.17, 15) is 17.9 Å². The number of nitrogens with two attached hydrogens (primary N) is 1. The maximum Gasteiger partial charge on any atom is 0.257 e. The normalized spacial score (nSPS) is 16.1. The number of fused-ring (bicyclic) bond motifs is 2. The Morgan fingerprint density at radius 1 is 1.22 bits per heavy atom. The Kier molecular flexibility index (Phi) is 6.30. The van der Waals surface area contributed by atoms with Crippen molar-refractivity contribution in [2.45, 2.75) is 12.5 Å². The van der Waals surface area contributed by atoms with E-state index >= 15 is 0 Å². The number of phenolic OH excluding ortho intramolecular Hbond substituents is 1. The standard InChI is InChI=1S/C25H26FN7O3S/c1-31(2)8-5-9-37(35,36)32-14-19(11-16-6-3-4-7-21(16)32)33-25-22(24(27)28-15-29-25)23(30-33)17-10-18(26)13-20(34)12-17/h3-7,9-10,12-13,15,19,34H,8,11,14H2,1-2H3,(H2,27,28,29). The van der Waals surface area contributed by atoms with Crippen LogP contribution in [-0.4, -0.2) is 65.4 Å². The predicted molar refractivity (Wildman–Crippen MR) is 140 cm³/mol. The second kappa shape index (κ2) is 9.45. The second-order valence-electron chi connectivity index (χ2n) is 9.15. The summed E-state index contributed by atoms with van der Waals surface area (Å²) in [6.07, 6.45) is 3.39. The lowest BCUT2D eigenvalue weighted by Crippen LogP contribution is -2.40. The summed E-state index contributed by atoms with van der Waals surface area (Å²) >= 11 is 0. The van der Waals surface area contributed by atoms with E-state index in [1.165, 1.54) is 28.2 Å². The van der Waals surface area contributed by atoms with E-state index < -0.39 is 21.9 Å². The number of para-hydroxylation sites is 1. The number of hydrogen-bond donors (Lipinski definition) is 2. The van der Waals surface area contributed by atoms with Crippen LogP contribution in [0.5, 0.6) is 5.75 Å². The third-order valence-corrected chi connectivity index (χ3v) is 7.65. The van der Waals surface area contributed by atoms with E-state index in [4.69, 9.17) is 10.8 Å². The number of benzene rings is 2. The van der Waals surface area contributed by atoms with Gasteiger partial charge >= 0.3 is 0 Å². The molecule has 37 heavy (non-hydrogen) atoms. The molecule has 0 radical (unpaired) electrons. The van der Waals surface area contributed by atoms with E-state index in [1.807, 2.05) is 31.1 Å². The van der Waals surface area contributed by atoms with Gasteiger partial charge in [0.05, 0.1) is 23.7 Å². The Bertz CT molecular complexity index is 1600. The number of phenols is 1. The molecule has 0 bridgehead atoms. The van der Waals surface area contributed by atoms with E-state index in [0.29, 0.717) is 40.9 Å². The van der Waals surface area contributed by atoms with Gasteiger partial charge in [-0.25, -0.2) is 27.5 Å². The lowest BCUT2D eigenvalue weighted by molar-refractivity contribution is 0.455. The first kappa shape index (κ1) is 24.7. The van der Waals surface area contributed by atoms with Crippen LogP contribution in [-0.2, 0) is 16.4 Å². The largest absolute Gasteiger partial charge is 0.508 e. The number of sulfonamides is 1. The number of aromatic nitrogens is 4. The van der Waals surface area contributed by atoms with Gasteiger partial charge in [-0.15, -0.1) is 0 Å². The summed E-state index contributed by atoms with van der Waals surface area (Å²) in [6, 6.07) is 10.5. The highest BCUT2D eigenvalue weighted by atomic mass is 32.2. The molecule has 1 aliphatic rings. The average Bonchev–Trinajstić information content (AvgIpc) is 3.23. The van der Waals surface area contributed by atoms with Gasteiger partial charge in [-0.3, -0.25) is 4.31 Å². The van der Waals surface area contributed by atoms with Crippen molar-refractivity contribution < 1.29 is 17.9 Å². The molecule has 2 aromatic carbocycles. The van der Waals surface area contributed by atoms with Crippen molar-refractivity contribution in [1.82, 2.24) is 24.6 Å². The maximum atomic E-state index is 14.1.